The molecule has 2 fully saturated rings. The van der Waals surface area contributed by atoms with Crippen molar-refractivity contribution >= 4 is 11.8 Å². The molecule has 0 N–H and O–H groups in total. The van der Waals surface area contributed by atoms with Crippen molar-refractivity contribution in [3.05, 3.63) is 35.6 Å². The van der Waals surface area contributed by atoms with Gasteiger partial charge >= 0.3 is 5.97 Å². The molecular weight excluding hydrogens is 275 g/mol. The van der Waals surface area contributed by atoms with Gasteiger partial charge in [-0.3, -0.25) is 9.59 Å². The molecule has 4 atom stereocenters. The van der Waals surface area contributed by atoms with Gasteiger partial charge in [0.05, 0.1) is 19.1 Å². The van der Waals surface area contributed by atoms with Gasteiger partial charge in [-0.15, -0.1) is 0 Å². The molecule has 0 unspecified atom stereocenters. The van der Waals surface area contributed by atoms with Gasteiger partial charge in [0.15, 0.2) is 5.78 Å². The summed E-state index contributed by atoms with van der Waals surface area (Å²) in [4.78, 5) is 23.8. The van der Waals surface area contributed by atoms with Gasteiger partial charge in [0.2, 0.25) is 0 Å². The minimum Gasteiger partial charge on any atom is -0.466 e. The van der Waals surface area contributed by atoms with Gasteiger partial charge in [-0.2, -0.15) is 0 Å². The van der Waals surface area contributed by atoms with E-state index in [9.17, 15) is 14.0 Å². The van der Waals surface area contributed by atoms with E-state index in [2.05, 4.69) is 0 Å². The quantitative estimate of drug-likeness (QED) is 0.780. The molecule has 4 nitrogen and oxygen atoms in total. The van der Waals surface area contributed by atoms with E-state index in [-0.39, 0.29) is 41.9 Å². The third-order valence-corrected chi connectivity index (χ3v) is 4.22. The van der Waals surface area contributed by atoms with E-state index in [4.69, 9.17) is 9.47 Å². The van der Waals surface area contributed by atoms with Crippen LogP contribution in [0.1, 0.15) is 18.9 Å². The Bertz CT molecular complexity index is 554. The number of hydrogen-bond donors (Lipinski definition) is 0. The highest BCUT2D eigenvalue weighted by molar-refractivity contribution is 5.97. The number of ether oxygens (including phenoxy) is 2. The van der Waals surface area contributed by atoms with Crippen LogP contribution in [0.4, 0.5) is 4.39 Å². The summed E-state index contributed by atoms with van der Waals surface area (Å²) in [7, 11) is 0. The average molecular weight is 292 g/mol. The maximum atomic E-state index is 12.8. The van der Waals surface area contributed by atoms with Crippen molar-refractivity contribution in [2.24, 2.45) is 17.8 Å². The summed E-state index contributed by atoms with van der Waals surface area (Å²) >= 11 is 0. The van der Waals surface area contributed by atoms with Gasteiger partial charge in [-0.25, -0.2) is 4.39 Å². The van der Waals surface area contributed by atoms with Crippen molar-refractivity contribution in [2.75, 3.05) is 6.61 Å². The first-order valence-corrected chi connectivity index (χ1v) is 7.18. The van der Waals surface area contributed by atoms with E-state index in [1.165, 1.54) is 12.1 Å². The second-order valence-corrected chi connectivity index (χ2v) is 5.53. The largest absolute Gasteiger partial charge is 0.466 e. The predicted molar refractivity (Wildman–Crippen MR) is 71.7 cm³/mol. The van der Waals surface area contributed by atoms with Crippen LogP contribution in [0, 0.1) is 23.6 Å². The van der Waals surface area contributed by atoms with E-state index < -0.39 is 6.10 Å². The smallest absolute Gasteiger partial charge is 0.309 e. The van der Waals surface area contributed by atoms with Crippen molar-refractivity contribution in [3.63, 3.8) is 0 Å². The number of benzene rings is 1. The number of ketones is 1. The normalized spacial score (nSPS) is 30.1. The van der Waals surface area contributed by atoms with Crippen LogP contribution in [0.3, 0.4) is 0 Å². The van der Waals surface area contributed by atoms with Crippen molar-refractivity contribution in [1.82, 2.24) is 0 Å². The molecule has 0 radical (unpaired) electrons. The van der Waals surface area contributed by atoms with Crippen molar-refractivity contribution in [2.45, 2.75) is 26.1 Å². The van der Waals surface area contributed by atoms with Crippen LogP contribution in [-0.4, -0.2) is 24.5 Å². The molecule has 1 aromatic rings. The lowest BCUT2D eigenvalue weighted by molar-refractivity contribution is -0.148. The number of carbonyl (C=O) groups excluding carboxylic acids is 2. The summed E-state index contributed by atoms with van der Waals surface area (Å²) in [6.45, 7) is 2.38. The third kappa shape index (κ3) is 2.70. The third-order valence-electron chi connectivity index (χ3n) is 4.22. The summed E-state index contributed by atoms with van der Waals surface area (Å²) in [6, 6.07) is 6.00. The molecule has 0 heterocycles. The minimum absolute atomic E-state index is 0.000153. The maximum absolute atomic E-state index is 12.8. The fourth-order valence-electron chi connectivity index (χ4n) is 3.12. The zero-order valence-electron chi connectivity index (χ0n) is 11.8. The molecule has 112 valence electrons. The van der Waals surface area contributed by atoms with Crippen LogP contribution in [0.5, 0.6) is 0 Å². The Morgan fingerprint density at radius 3 is 2.62 bits per heavy atom. The molecule has 21 heavy (non-hydrogen) atoms. The highest BCUT2D eigenvalue weighted by Crippen LogP contribution is 2.56. The van der Waals surface area contributed by atoms with E-state index >= 15 is 0 Å². The van der Waals surface area contributed by atoms with E-state index in [1.807, 2.05) is 0 Å². The number of halogens is 1. The lowest BCUT2D eigenvalue weighted by Crippen LogP contribution is -2.25. The fourth-order valence-corrected chi connectivity index (χ4v) is 3.12. The van der Waals surface area contributed by atoms with Gasteiger partial charge in [-0.05, 0) is 37.0 Å². The van der Waals surface area contributed by atoms with Gasteiger partial charge in [0.1, 0.15) is 11.9 Å². The van der Waals surface area contributed by atoms with Crippen molar-refractivity contribution in [3.8, 4) is 0 Å². The van der Waals surface area contributed by atoms with Gasteiger partial charge in [0, 0.05) is 5.92 Å². The predicted octanol–water partition coefficient (Wildman–Crippen LogP) is 2.11. The summed E-state index contributed by atoms with van der Waals surface area (Å²) in [5, 5.41) is 0. The number of carbonyl (C=O) groups is 2. The molecule has 0 aliphatic heterocycles. The zero-order valence-corrected chi connectivity index (χ0v) is 11.8. The number of fused-ring (bicyclic) bond motifs is 1. The number of esters is 1. The Morgan fingerprint density at radius 2 is 2.05 bits per heavy atom. The molecule has 0 aromatic heterocycles. The summed E-state index contributed by atoms with van der Waals surface area (Å²) in [5.41, 5.74) is 0.826. The van der Waals surface area contributed by atoms with Crippen LogP contribution in [-0.2, 0) is 25.7 Å². The maximum Gasteiger partial charge on any atom is 0.309 e. The summed E-state index contributed by atoms with van der Waals surface area (Å²) < 4.78 is 23.4. The van der Waals surface area contributed by atoms with Crippen LogP contribution in [0.25, 0.3) is 0 Å². The van der Waals surface area contributed by atoms with Gasteiger partial charge in [0.25, 0.3) is 0 Å². The molecule has 2 aliphatic carbocycles. The molecule has 5 heteroatoms. The highest BCUT2D eigenvalue weighted by atomic mass is 19.1. The first-order chi connectivity index (χ1) is 10.1. The first-order valence-electron chi connectivity index (χ1n) is 7.18. The van der Waals surface area contributed by atoms with E-state index in [0.717, 1.165) is 5.56 Å². The standard InChI is InChI=1S/C16H17FO4/c1-2-20-16(19)14-11-7-12(15(18)13(11)14)21-8-9-3-5-10(17)6-4-9/h3-6,11-14H,2,7-8H2,1H3/t11-,12-,13+,14+/m1/s1. The molecule has 3 rings (SSSR count). The van der Waals surface area contributed by atoms with Crippen LogP contribution >= 0.6 is 0 Å². The van der Waals surface area contributed by atoms with E-state index in [1.54, 1.807) is 19.1 Å². The number of hydrogen-bond acceptors (Lipinski definition) is 4. The minimum atomic E-state index is -0.448. The zero-order chi connectivity index (χ0) is 15.0. The Hall–Kier alpha value is -1.75. The molecule has 2 aliphatic rings. The highest BCUT2D eigenvalue weighted by Gasteiger charge is 2.66. The lowest BCUT2D eigenvalue weighted by atomic mass is 10.1. The Morgan fingerprint density at radius 1 is 1.33 bits per heavy atom. The topological polar surface area (TPSA) is 52.6 Å². The number of rotatable bonds is 5. The van der Waals surface area contributed by atoms with Crippen LogP contribution in [0.2, 0.25) is 0 Å². The van der Waals surface area contributed by atoms with E-state index in [0.29, 0.717) is 13.0 Å². The monoisotopic (exact) mass is 292 g/mol. The SMILES string of the molecule is CCOC(=O)[C@H]1[C@@H]2C[C@@H](OCc3ccc(F)cc3)C(=O)[C@@H]21. The lowest BCUT2D eigenvalue weighted by Gasteiger charge is -2.14. The molecule has 2 saturated carbocycles. The van der Waals surface area contributed by atoms with Crippen molar-refractivity contribution in [1.29, 1.82) is 0 Å². The molecule has 0 saturated heterocycles. The Labute approximate surface area is 122 Å². The molecule has 1 aromatic carbocycles. The second-order valence-electron chi connectivity index (χ2n) is 5.53. The molecule has 0 amide bonds. The van der Waals surface area contributed by atoms with Crippen LogP contribution < -0.4 is 0 Å². The Balaban J connectivity index is 1.51. The average Bonchev–Trinajstić information content (AvgIpc) is 3.10. The molecular formula is C16H17FO4. The Kier molecular flexibility index (Phi) is 3.76. The fraction of sp³-hybridized carbons (Fsp3) is 0.500. The molecule has 0 spiro atoms. The first kappa shape index (κ1) is 14.2. The molecule has 0 bridgehead atoms. The van der Waals surface area contributed by atoms with Gasteiger partial charge in [-0.1, -0.05) is 12.1 Å². The summed E-state index contributed by atoms with van der Waals surface area (Å²) in [6.07, 6.45) is 0.129. The number of Topliss-reactive ketones (excluding diaryl/α,β-unsaturated/α-hetero) is 1. The van der Waals surface area contributed by atoms with Crippen molar-refractivity contribution < 1.29 is 23.5 Å². The summed E-state index contributed by atoms with van der Waals surface area (Å²) in [5.74, 6) is -0.965. The second kappa shape index (κ2) is 5.56. The van der Waals surface area contributed by atoms with Gasteiger partial charge < -0.3 is 9.47 Å². The van der Waals surface area contributed by atoms with Crippen LogP contribution in [0.15, 0.2) is 24.3 Å².